The molecule has 0 aromatic heterocycles. The first-order valence-electron chi connectivity index (χ1n) is 26.5. The van der Waals surface area contributed by atoms with E-state index >= 15 is 0 Å². The first-order chi connectivity index (χ1) is 31.5. The summed E-state index contributed by atoms with van der Waals surface area (Å²) in [5, 5.41) is 23.8. The number of esters is 1. The molecule has 3 N–H and O–H groups in total. The van der Waals surface area contributed by atoms with E-state index in [1.807, 2.05) is 18.2 Å². The van der Waals surface area contributed by atoms with Gasteiger partial charge in [-0.15, -0.1) is 0 Å². The lowest BCUT2D eigenvalue weighted by atomic mass is 10.0. The van der Waals surface area contributed by atoms with Gasteiger partial charge in [-0.1, -0.05) is 240 Å². The minimum Gasteiger partial charge on any atom is -0.462 e. The Morgan fingerprint density at radius 2 is 0.938 bits per heavy atom. The molecule has 3 atom stereocenters. The van der Waals surface area contributed by atoms with Gasteiger partial charge < -0.3 is 20.3 Å². The molecule has 0 saturated carbocycles. The Morgan fingerprint density at radius 1 is 0.484 bits per heavy atom. The number of unbranched alkanes of at least 4 members (excludes halogenated alkanes) is 21. The molecule has 0 aromatic rings. The first-order valence-corrected chi connectivity index (χ1v) is 26.5. The molecule has 0 aliphatic rings. The second-order valence-electron chi connectivity index (χ2n) is 17.6. The van der Waals surface area contributed by atoms with Gasteiger partial charge in [-0.2, -0.15) is 0 Å². The lowest BCUT2D eigenvalue weighted by molar-refractivity contribution is -0.151. The Labute approximate surface area is 395 Å². The quantitative estimate of drug-likeness (QED) is 0.0245. The fourth-order valence-electron chi connectivity index (χ4n) is 7.56. The van der Waals surface area contributed by atoms with Crippen LogP contribution in [0.3, 0.4) is 0 Å². The van der Waals surface area contributed by atoms with Crippen molar-refractivity contribution in [3.8, 4) is 0 Å². The van der Waals surface area contributed by atoms with Gasteiger partial charge in [0.1, 0.15) is 6.10 Å². The maximum Gasteiger partial charge on any atom is 0.306 e. The van der Waals surface area contributed by atoms with E-state index < -0.39 is 18.2 Å². The van der Waals surface area contributed by atoms with E-state index in [4.69, 9.17) is 4.74 Å². The number of amides is 1. The highest BCUT2D eigenvalue weighted by molar-refractivity contribution is 5.77. The van der Waals surface area contributed by atoms with Crippen molar-refractivity contribution in [3.63, 3.8) is 0 Å². The molecule has 3 unspecified atom stereocenters. The van der Waals surface area contributed by atoms with E-state index in [1.54, 1.807) is 0 Å². The van der Waals surface area contributed by atoms with Crippen molar-refractivity contribution in [3.05, 3.63) is 97.2 Å². The predicted octanol–water partition coefficient (Wildman–Crippen LogP) is 16.1. The number of rotatable bonds is 46. The van der Waals surface area contributed by atoms with Crippen LogP contribution in [0.1, 0.15) is 233 Å². The van der Waals surface area contributed by atoms with Gasteiger partial charge in [0.05, 0.1) is 25.2 Å². The molecule has 0 spiro atoms. The fraction of sp³-hybridized carbons (Fsp3) is 0.690. The van der Waals surface area contributed by atoms with Gasteiger partial charge in [0, 0.05) is 6.42 Å². The summed E-state index contributed by atoms with van der Waals surface area (Å²) in [5.41, 5.74) is 0. The molecule has 0 bridgehead atoms. The third kappa shape index (κ3) is 45.4. The number of hydrogen-bond acceptors (Lipinski definition) is 5. The van der Waals surface area contributed by atoms with Crippen molar-refractivity contribution in [2.45, 2.75) is 251 Å². The van der Waals surface area contributed by atoms with E-state index in [9.17, 15) is 19.8 Å². The van der Waals surface area contributed by atoms with Crippen LogP contribution in [0.2, 0.25) is 0 Å². The summed E-state index contributed by atoms with van der Waals surface area (Å²) in [5.74, 6) is -0.561. The zero-order chi connectivity index (χ0) is 46.7. The van der Waals surface area contributed by atoms with Gasteiger partial charge in [-0.25, -0.2) is 0 Å². The molecule has 0 aromatic carbocycles. The summed E-state index contributed by atoms with van der Waals surface area (Å²) in [6.07, 6.45) is 67.5. The van der Waals surface area contributed by atoms with Crippen LogP contribution in [0.15, 0.2) is 97.2 Å². The third-order valence-corrected chi connectivity index (χ3v) is 11.5. The highest BCUT2D eigenvalue weighted by Crippen LogP contribution is 2.17. The van der Waals surface area contributed by atoms with Crippen molar-refractivity contribution in [1.82, 2.24) is 5.32 Å². The smallest absolute Gasteiger partial charge is 0.306 e. The average Bonchev–Trinajstić information content (AvgIpc) is 3.29. The molecule has 0 heterocycles. The predicted molar refractivity (Wildman–Crippen MR) is 277 cm³/mol. The van der Waals surface area contributed by atoms with Crippen molar-refractivity contribution in [1.29, 1.82) is 0 Å². The van der Waals surface area contributed by atoms with E-state index in [-0.39, 0.29) is 24.9 Å². The molecular formula is C58H99NO5. The Hall–Kier alpha value is -3.22. The Kier molecular flexibility index (Phi) is 48.2. The second-order valence-corrected chi connectivity index (χ2v) is 17.6. The summed E-state index contributed by atoms with van der Waals surface area (Å²) in [4.78, 5) is 26.2. The lowest BCUT2D eigenvalue weighted by Crippen LogP contribution is -2.46. The number of hydrogen-bond donors (Lipinski definition) is 3. The molecule has 1 amide bonds. The monoisotopic (exact) mass is 890 g/mol. The molecule has 64 heavy (non-hydrogen) atoms. The van der Waals surface area contributed by atoms with Crippen LogP contribution in [-0.4, -0.2) is 46.9 Å². The standard InChI is InChI=1S/C58H99NO5/c1-4-7-10-13-16-19-22-25-28-30-32-35-38-41-44-47-50-56(61)55(53-60)59-57(62)52-54(49-46-43-40-37-34-31-27-24-21-18-15-12-9-6-3)64-58(63)51-48-45-42-39-36-33-29-26-23-20-17-14-11-8-5-2/h8-9,11-12,14,17-18,20-21,23,26-27,29,31,37,40,54-56,60-61H,4-7,10,13,15-16,19,22,24-25,28,30,32-36,38-39,41-53H2,1-3H3,(H,59,62)/b11-8+,12-9+,17-14+,21-18+,23-20+,29-26-,31-27+,40-37+. The largest absolute Gasteiger partial charge is 0.462 e. The lowest BCUT2D eigenvalue weighted by Gasteiger charge is -2.24. The van der Waals surface area contributed by atoms with Crippen molar-refractivity contribution in [2.75, 3.05) is 6.61 Å². The summed E-state index contributed by atoms with van der Waals surface area (Å²) >= 11 is 0. The maximum absolute atomic E-state index is 13.2. The molecular weight excluding hydrogens is 791 g/mol. The van der Waals surface area contributed by atoms with E-state index in [0.717, 1.165) is 103 Å². The van der Waals surface area contributed by atoms with Crippen LogP contribution >= 0.6 is 0 Å². The molecule has 0 aliphatic heterocycles. The van der Waals surface area contributed by atoms with Gasteiger partial charge in [0.15, 0.2) is 0 Å². The molecule has 0 fully saturated rings. The first kappa shape index (κ1) is 60.8. The van der Waals surface area contributed by atoms with E-state index in [0.29, 0.717) is 19.3 Å². The Balaban J connectivity index is 4.67. The molecule has 0 saturated heterocycles. The molecule has 0 rings (SSSR count). The molecule has 6 heteroatoms. The normalized spacial score (nSPS) is 14.0. The maximum atomic E-state index is 13.2. The number of carbonyl (C=O) groups excluding carboxylic acids is 2. The SMILES string of the molecule is CC/C=C/C=C/C=C/C=C\CCCCCCCC(=O)OC(CCC/C=C/C/C=C/C/C=C/C/C=C/CC)CC(=O)NC(CO)C(O)CCCCCCCCCCCCCCCCCC. The van der Waals surface area contributed by atoms with Gasteiger partial charge in [0.2, 0.25) is 5.91 Å². The van der Waals surface area contributed by atoms with Crippen LogP contribution in [0.25, 0.3) is 0 Å². The molecule has 6 nitrogen and oxygen atoms in total. The molecule has 0 radical (unpaired) electrons. The number of aliphatic hydroxyl groups excluding tert-OH is 2. The minimum atomic E-state index is -0.812. The van der Waals surface area contributed by atoms with Crippen molar-refractivity contribution in [2.24, 2.45) is 0 Å². The van der Waals surface area contributed by atoms with Gasteiger partial charge in [0.25, 0.3) is 0 Å². The highest BCUT2D eigenvalue weighted by atomic mass is 16.5. The number of ether oxygens (including phenoxy) is 1. The second kappa shape index (κ2) is 50.8. The summed E-state index contributed by atoms with van der Waals surface area (Å²) in [6, 6.07) is -0.730. The highest BCUT2D eigenvalue weighted by Gasteiger charge is 2.24. The van der Waals surface area contributed by atoms with E-state index in [1.165, 1.54) is 83.5 Å². The molecule has 366 valence electrons. The number of carbonyl (C=O) groups is 2. The van der Waals surface area contributed by atoms with Crippen LogP contribution in [0.4, 0.5) is 0 Å². The minimum absolute atomic E-state index is 0.0249. The van der Waals surface area contributed by atoms with Gasteiger partial charge in [-0.3, -0.25) is 9.59 Å². The van der Waals surface area contributed by atoms with Crippen LogP contribution in [0.5, 0.6) is 0 Å². The van der Waals surface area contributed by atoms with Crippen molar-refractivity contribution < 1.29 is 24.5 Å². The topological polar surface area (TPSA) is 95.9 Å². The van der Waals surface area contributed by atoms with E-state index in [2.05, 4.69) is 105 Å². The van der Waals surface area contributed by atoms with Crippen LogP contribution in [-0.2, 0) is 14.3 Å². The van der Waals surface area contributed by atoms with Gasteiger partial charge in [-0.05, 0) is 77.0 Å². The average molecular weight is 890 g/mol. The van der Waals surface area contributed by atoms with Crippen molar-refractivity contribution >= 4 is 11.9 Å². The number of allylic oxidation sites excluding steroid dienone is 16. The third-order valence-electron chi connectivity index (χ3n) is 11.5. The van der Waals surface area contributed by atoms with Crippen LogP contribution in [0, 0.1) is 0 Å². The summed E-state index contributed by atoms with van der Waals surface area (Å²) < 4.78 is 5.90. The van der Waals surface area contributed by atoms with Crippen LogP contribution < -0.4 is 5.32 Å². The Bertz CT molecular complexity index is 1270. The molecule has 0 aliphatic carbocycles. The van der Waals surface area contributed by atoms with Gasteiger partial charge >= 0.3 is 5.97 Å². The number of aliphatic hydroxyl groups is 2. The fourth-order valence-corrected chi connectivity index (χ4v) is 7.56. The Morgan fingerprint density at radius 3 is 1.48 bits per heavy atom. The zero-order valence-corrected chi connectivity index (χ0v) is 41.6. The zero-order valence-electron chi connectivity index (χ0n) is 41.6. The summed E-state index contributed by atoms with van der Waals surface area (Å²) in [6.45, 7) is 6.21. The number of nitrogens with one attached hydrogen (secondary N) is 1. The summed E-state index contributed by atoms with van der Waals surface area (Å²) in [7, 11) is 0.